The van der Waals surface area contributed by atoms with Crippen LogP contribution in [0.25, 0.3) is 0 Å². The smallest absolute Gasteiger partial charge is 0.249 e. The molecule has 0 spiro atoms. The van der Waals surface area contributed by atoms with Crippen LogP contribution in [0.3, 0.4) is 0 Å². The van der Waals surface area contributed by atoms with E-state index >= 15 is 0 Å². The fourth-order valence-corrected chi connectivity index (χ4v) is 2.76. The number of nitriles is 1. The molecule has 0 aliphatic carbocycles. The topological polar surface area (TPSA) is 82.9 Å². The SMILES string of the molecule is CC[C@@H](C)c1ccc(NC(=O)[C@H](C#N)C(=O)c2cc(C)sn2)cc1. The molecule has 2 rings (SSSR count). The Kier molecular flexibility index (Phi) is 5.83. The van der Waals surface area contributed by atoms with Gasteiger partial charge in [0.1, 0.15) is 5.69 Å². The second kappa shape index (κ2) is 7.84. The Morgan fingerprint density at radius 1 is 1.33 bits per heavy atom. The first-order valence-corrected chi connectivity index (χ1v) is 8.51. The van der Waals surface area contributed by atoms with Crippen LogP contribution in [0.4, 0.5) is 5.69 Å². The van der Waals surface area contributed by atoms with Gasteiger partial charge in [-0.25, -0.2) is 0 Å². The number of hydrogen-bond acceptors (Lipinski definition) is 5. The van der Waals surface area contributed by atoms with Gasteiger partial charge in [-0.15, -0.1) is 0 Å². The van der Waals surface area contributed by atoms with Crippen molar-refractivity contribution in [3.8, 4) is 6.07 Å². The average molecular weight is 341 g/mol. The van der Waals surface area contributed by atoms with Gasteiger partial charge < -0.3 is 5.32 Å². The van der Waals surface area contributed by atoms with E-state index in [1.807, 2.05) is 19.1 Å². The Morgan fingerprint density at radius 3 is 2.50 bits per heavy atom. The molecule has 1 amide bonds. The van der Waals surface area contributed by atoms with E-state index in [0.29, 0.717) is 11.6 Å². The molecular weight excluding hydrogens is 322 g/mol. The molecule has 0 radical (unpaired) electrons. The van der Waals surface area contributed by atoms with Crippen molar-refractivity contribution in [2.24, 2.45) is 5.92 Å². The second-order valence-corrected chi connectivity index (χ2v) is 6.68. The molecule has 5 nitrogen and oxygen atoms in total. The summed E-state index contributed by atoms with van der Waals surface area (Å²) >= 11 is 1.17. The summed E-state index contributed by atoms with van der Waals surface area (Å²) in [6.07, 6.45) is 1.03. The van der Waals surface area contributed by atoms with Gasteiger partial charge in [0, 0.05) is 10.6 Å². The van der Waals surface area contributed by atoms with Gasteiger partial charge in [-0.3, -0.25) is 9.59 Å². The van der Waals surface area contributed by atoms with Gasteiger partial charge in [-0.1, -0.05) is 26.0 Å². The Bertz CT molecular complexity index is 774. The summed E-state index contributed by atoms with van der Waals surface area (Å²) in [5.41, 5.74) is 1.90. The number of aromatic nitrogens is 1. The summed E-state index contributed by atoms with van der Waals surface area (Å²) < 4.78 is 3.98. The molecule has 1 heterocycles. The molecule has 1 aromatic heterocycles. The molecule has 6 heteroatoms. The van der Waals surface area contributed by atoms with Crippen LogP contribution in [0, 0.1) is 24.2 Å². The van der Waals surface area contributed by atoms with Crippen molar-refractivity contribution in [1.29, 1.82) is 5.26 Å². The van der Waals surface area contributed by atoms with Crippen LogP contribution < -0.4 is 5.32 Å². The number of rotatable bonds is 6. The minimum Gasteiger partial charge on any atom is -0.325 e. The van der Waals surface area contributed by atoms with Gasteiger partial charge >= 0.3 is 0 Å². The summed E-state index contributed by atoms with van der Waals surface area (Å²) in [6.45, 7) is 6.06. The summed E-state index contributed by atoms with van der Waals surface area (Å²) in [5, 5.41) is 11.8. The van der Waals surface area contributed by atoms with Crippen LogP contribution in [-0.4, -0.2) is 16.1 Å². The third-order valence-electron chi connectivity index (χ3n) is 3.89. The van der Waals surface area contributed by atoms with Gasteiger partial charge in [-0.05, 0) is 54.6 Å². The zero-order chi connectivity index (χ0) is 17.7. The summed E-state index contributed by atoms with van der Waals surface area (Å²) in [6, 6.07) is 10.8. The monoisotopic (exact) mass is 341 g/mol. The molecule has 2 aromatic rings. The number of ketones is 1. The van der Waals surface area contributed by atoms with Crippen LogP contribution in [0.15, 0.2) is 30.3 Å². The molecule has 0 aliphatic rings. The van der Waals surface area contributed by atoms with Gasteiger partial charge in [0.2, 0.25) is 11.7 Å². The molecule has 1 aromatic carbocycles. The zero-order valence-corrected chi connectivity index (χ0v) is 14.7. The van der Waals surface area contributed by atoms with Crippen LogP contribution in [0.1, 0.15) is 47.1 Å². The molecular formula is C18H19N3O2S. The minimum atomic E-state index is -1.40. The lowest BCUT2D eigenvalue weighted by molar-refractivity contribution is -0.117. The Labute approximate surface area is 145 Å². The second-order valence-electron chi connectivity index (χ2n) is 5.67. The quantitative estimate of drug-likeness (QED) is 0.637. The molecule has 1 N–H and O–H groups in total. The van der Waals surface area contributed by atoms with E-state index in [9.17, 15) is 14.9 Å². The maximum atomic E-state index is 12.3. The largest absolute Gasteiger partial charge is 0.325 e. The van der Waals surface area contributed by atoms with Crippen molar-refractivity contribution in [3.63, 3.8) is 0 Å². The Hall–Kier alpha value is -2.52. The van der Waals surface area contributed by atoms with Crippen molar-refractivity contribution in [2.75, 3.05) is 5.32 Å². The standard InChI is InChI=1S/C18H19N3O2S/c1-4-11(2)13-5-7-14(8-6-13)20-18(23)15(10-19)17(22)16-9-12(3)24-21-16/h5-9,11,15H,4H2,1-3H3,(H,20,23)/t11-,15-/m1/s1. The highest BCUT2D eigenvalue weighted by Gasteiger charge is 2.29. The number of nitrogens with zero attached hydrogens (tertiary/aromatic N) is 2. The van der Waals surface area contributed by atoms with Crippen molar-refractivity contribution < 1.29 is 9.59 Å². The fraction of sp³-hybridized carbons (Fsp3) is 0.333. The Balaban J connectivity index is 2.09. The zero-order valence-electron chi connectivity index (χ0n) is 13.9. The van der Waals surface area contributed by atoms with Gasteiger partial charge in [0.15, 0.2) is 5.92 Å². The number of amides is 1. The highest BCUT2D eigenvalue weighted by molar-refractivity contribution is 7.05. The van der Waals surface area contributed by atoms with E-state index in [1.165, 1.54) is 17.1 Å². The van der Waals surface area contributed by atoms with Crippen LogP contribution in [0.5, 0.6) is 0 Å². The molecule has 0 saturated heterocycles. The van der Waals surface area contributed by atoms with E-state index in [0.717, 1.165) is 11.3 Å². The predicted molar refractivity (Wildman–Crippen MR) is 94.1 cm³/mol. The molecule has 0 saturated carbocycles. The normalized spacial score (nSPS) is 12.9. The lowest BCUT2D eigenvalue weighted by Crippen LogP contribution is -2.28. The van der Waals surface area contributed by atoms with Crippen LogP contribution in [-0.2, 0) is 4.79 Å². The highest BCUT2D eigenvalue weighted by atomic mass is 32.1. The van der Waals surface area contributed by atoms with Crippen molar-refractivity contribution in [2.45, 2.75) is 33.1 Å². The number of Topliss-reactive ketones (excluding diaryl/α,β-unsaturated/α-hetero) is 1. The maximum absolute atomic E-state index is 12.3. The van der Waals surface area contributed by atoms with E-state index in [1.54, 1.807) is 24.3 Å². The minimum absolute atomic E-state index is 0.159. The van der Waals surface area contributed by atoms with Crippen molar-refractivity contribution in [1.82, 2.24) is 4.37 Å². The number of nitrogens with one attached hydrogen (secondary N) is 1. The van der Waals surface area contributed by atoms with Crippen LogP contribution in [0.2, 0.25) is 0 Å². The van der Waals surface area contributed by atoms with E-state index in [4.69, 9.17) is 0 Å². The van der Waals surface area contributed by atoms with Gasteiger partial charge in [0.25, 0.3) is 0 Å². The third-order valence-corrected chi connectivity index (χ3v) is 4.59. The predicted octanol–water partition coefficient (Wildman–Crippen LogP) is 3.93. The highest BCUT2D eigenvalue weighted by Crippen LogP contribution is 2.21. The molecule has 24 heavy (non-hydrogen) atoms. The molecule has 2 atom stereocenters. The molecule has 0 aliphatic heterocycles. The third kappa shape index (κ3) is 4.06. The number of hydrogen-bond donors (Lipinski definition) is 1. The number of anilines is 1. The van der Waals surface area contributed by atoms with Gasteiger partial charge in [-0.2, -0.15) is 9.64 Å². The molecule has 0 bridgehead atoms. The Morgan fingerprint density at radius 2 is 2.00 bits per heavy atom. The van der Waals surface area contributed by atoms with Gasteiger partial charge in [0.05, 0.1) is 6.07 Å². The van der Waals surface area contributed by atoms with E-state index in [-0.39, 0.29) is 5.69 Å². The molecule has 0 unspecified atom stereocenters. The first-order valence-electron chi connectivity index (χ1n) is 7.74. The summed E-state index contributed by atoms with van der Waals surface area (Å²) in [5.74, 6) is -2.17. The van der Waals surface area contributed by atoms with Crippen LogP contribution >= 0.6 is 11.5 Å². The first kappa shape index (κ1) is 17.8. The average Bonchev–Trinajstić information content (AvgIpc) is 3.02. The lowest BCUT2D eigenvalue weighted by atomic mass is 9.98. The van der Waals surface area contributed by atoms with E-state index in [2.05, 4.69) is 23.5 Å². The number of carbonyl (C=O) groups excluding carboxylic acids is 2. The number of carbonyl (C=O) groups is 2. The number of aryl methyl sites for hydroxylation is 1. The molecule has 124 valence electrons. The van der Waals surface area contributed by atoms with E-state index < -0.39 is 17.6 Å². The summed E-state index contributed by atoms with van der Waals surface area (Å²) in [7, 11) is 0. The summed E-state index contributed by atoms with van der Waals surface area (Å²) in [4.78, 5) is 25.4. The first-order chi connectivity index (χ1) is 11.5. The fourth-order valence-electron chi connectivity index (χ4n) is 2.21. The van der Waals surface area contributed by atoms with Crippen molar-refractivity contribution in [3.05, 3.63) is 46.5 Å². The van der Waals surface area contributed by atoms with Crippen molar-refractivity contribution >= 4 is 28.9 Å². The lowest BCUT2D eigenvalue weighted by Gasteiger charge is -2.11. The molecule has 0 fully saturated rings. The maximum Gasteiger partial charge on any atom is 0.249 e. The number of benzene rings is 1.